The number of para-hydroxylation sites is 1. The van der Waals surface area contributed by atoms with Crippen molar-refractivity contribution in [2.75, 3.05) is 0 Å². The van der Waals surface area contributed by atoms with E-state index in [1.807, 2.05) is 72.8 Å². The Kier molecular flexibility index (Phi) is 5.45. The van der Waals surface area contributed by atoms with Gasteiger partial charge in [-0.05, 0) is 24.3 Å². The van der Waals surface area contributed by atoms with Crippen LogP contribution in [-0.2, 0) is 7.05 Å². The Hall–Kier alpha value is -4.99. The molecular formula is C24H20N8O2. The molecule has 0 saturated carbocycles. The minimum Gasteiger partial charge on any atom is -0.308 e. The summed E-state index contributed by atoms with van der Waals surface area (Å²) in [5, 5.41) is 8.55. The molecule has 0 aliphatic rings. The van der Waals surface area contributed by atoms with Crippen LogP contribution in [0.2, 0.25) is 0 Å². The highest BCUT2D eigenvalue weighted by atomic mass is 16.2. The molecule has 5 aromatic rings. The summed E-state index contributed by atoms with van der Waals surface area (Å²) >= 11 is 0. The molecule has 2 N–H and O–H groups in total. The van der Waals surface area contributed by atoms with Crippen LogP contribution in [0.25, 0.3) is 22.9 Å². The number of hydrazine groups is 1. The minimum absolute atomic E-state index is 0.0835. The molecule has 0 aliphatic carbocycles. The summed E-state index contributed by atoms with van der Waals surface area (Å²) in [6.07, 6.45) is 5.04. The third-order valence-corrected chi connectivity index (χ3v) is 5.13. The number of hydrogen-bond donors (Lipinski definition) is 2. The van der Waals surface area contributed by atoms with Gasteiger partial charge in [0.25, 0.3) is 5.91 Å². The second-order valence-electron chi connectivity index (χ2n) is 7.38. The summed E-state index contributed by atoms with van der Waals surface area (Å²) in [6.45, 7) is 0. The fourth-order valence-corrected chi connectivity index (χ4v) is 3.54. The largest absolute Gasteiger partial charge is 0.309 e. The Bertz CT molecular complexity index is 1380. The molecule has 10 heteroatoms. The first-order valence-electron chi connectivity index (χ1n) is 10.5. The first-order valence-corrected chi connectivity index (χ1v) is 10.5. The van der Waals surface area contributed by atoms with E-state index in [0.717, 1.165) is 11.3 Å². The second kappa shape index (κ2) is 8.87. The lowest BCUT2D eigenvalue weighted by Gasteiger charge is -2.08. The molecule has 10 nitrogen and oxygen atoms in total. The van der Waals surface area contributed by atoms with Crippen molar-refractivity contribution in [3.63, 3.8) is 0 Å². The van der Waals surface area contributed by atoms with E-state index in [1.165, 1.54) is 6.20 Å². The average Bonchev–Trinajstić information content (AvgIpc) is 3.63. The molecular weight excluding hydrogens is 432 g/mol. The summed E-state index contributed by atoms with van der Waals surface area (Å²) in [5.41, 5.74) is 6.68. The Labute approximate surface area is 194 Å². The molecule has 0 spiro atoms. The predicted octanol–water partition coefficient (Wildman–Crippen LogP) is 2.53. The molecule has 2 amide bonds. The number of amides is 2. The van der Waals surface area contributed by atoms with Gasteiger partial charge in [-0.3, -0.25) is 25.1 Å². The van der Waals surface area contributed by atoms with E-state index in [9.17, 15) is 9.59 Å². The molecule has 5 rings (SSSR count). The summed E-state index contributed by atoms with van der Waals surface area (Å²) < 4.78 is 4.93. The zero-order valence-corrected chi connectivity index (χ0v) is 18.2. The van der Waals surface area contributed by atoms with Gasteiger partial charge in [-0.2, -0.15) is 5.10 Å². The van der Waals surface area contributed by atoms with Crippen molar-refractivity contribution >= 4 is 11.8 Å². The van der Waals surface area contributed by atoms with Gasteiger partial charge >= 0.3 is 5.91 Å². The van der Waals surface area contributed by atoms with Gasteiger partial charge in [0.15, 0.2) is 5.82 Å². The topological polar surface area (TPSA) is 112 Å². The third kappa shape index (κ3) is 3.95. The Morgan fingerprint density at radius 1 is 0.824 bits per heavy atom. The third-order valence-electron chi connectivity index (χ3n) is 5.13. The highest BCUT2D eigenvalue weighted by molar-refractivity contribution is 5.99. The lowest BCUT2D eigenvalue weighted by atomic mass is 10.2. The lowest BCUT2D eigenvalue weighted by Crippen LogP contribution is -2.42. The summed E-state index contributed by atoms with van der Waals surface area (Å²) in [7, 11) is 1.73. The van der Waals surface area contributed by atoms with Crippen molar-refractivity contribution in [1.29, 1.82) is 0 Å². The van der Waals surface area contributed by atoms with E-state index >= 15 is 0 Å². The molecule has 2 aromatic carbocycles. The van der Waals surface area contributed by atoms with Crippen molar-refractivity contribution in [3.05, 3.63) is 103 Å². The molecule has 0 unspecified atom stereocenters. The van der Waals surface area contributed by atoms with Crippen LogP contribution >= 0.6 is 0 Å². The van der Waals surface area contributed by atoms with Gasteiger partial charge in [0.05, 0.1) is 11.9 Å². The quantitative estimate of drug-likeness (QED) is 0.398. The van der Waals surface area contributed by atoms with Crippen LogP contribution in [0.5, 0.6) is 0 Å². The van der Waals surface area contributed by atoms with Crippen LogP contribution in [0.4, 0.5) is 0 Å². The number of hydrogen-bond acceptors (Lipinski definition) is 5. The number of aryl methyl sites for hydroxylation is 1. The van der Waals surface area contributed by atoms with Crippen molar-refractivity contribution in [2.45, 2.75) is 0 Å². The van der Waals surface area contributed by atoms with E-state index in [4.69, 9.17) is 0 Å². The number of nitrogens with one attached hydrogen (secondary N) is 2. The Morgan fingerprint density at radius 3 is 2.18 bits per heavy atom. The van der Waals surface area contributed by atoms with E-state index in [1.54, 1.807) is 33.4 Å². The molecule has 3 heterocycles. The maximum absolute atomic E-state index is 12.8. The van der Waals surface area contributed by atoms with E-state index in [0.29, 0.717) is 17.2 Å². The maximum atomic E-state index is 12.8. The fraction of sp³-hybridized carbons (Fsp3) is 0.0417. The van der Waals surface area contributed by atoms with Gasteiger partial charge < -0.3 is 4.57 Å². The summed E-state index contributed by atoms with van der Waals surface area (Å²) in [6, 6.07) is 22.5. The molecule has 0 saturated heterocycles. The van der Waals surface area contributed by atoms with Crippen LogP contribution in [0.1, 0.15) is 21.0 Å². The molecule has 168 valence electrons. The molecule has 0 radical (unpaired) electrons. The number of nitrogens with zero attached hydrogens (tertiary/aromatic N) is 6. The number of carbonyl (C=O) groups excluding carboxylic acids is 2. The molecule has 34 heavy (non-hydrogen) atoms. The molecule has 0 bridgehead atoms. The zero-order chi connectivity index (χ0) is 23.5. The fourth-order valence-electron chi connectivity index (χ4n) is 3.54. The highest BCUT2D eigenvalue weighted by Crippen LogP contribution is 2.21. The first kappa shape index (κ1) is 20.9. The highest BCUT2D eigenvalue weighted by Gasteiger charge is 2.21. The number of carbonyl (C=O) groups is 2. The van der Waals surface area contributed by atoms with E-state index in [-0.39, 0.29) is 5.82 Å². The average molecular weight is 452 g/mol. The van der Waals surface area contributed by atoms with Gasteiger partial charge in [-0.25, -0.2) is 9.67 Å². The first-order chi connectivity index (χ1) is 16.6. The monoisotopic (exact) mass is 452 g/mol. The minimum atomic E-state index is -0.647. The van der Waals surface area contributed by atoms with Crippen LogP contribution in [0.15, 0.2) is 91.4 Å². The second-order valence-corrected chi connectivity index (χ2v) is 7.38. The molecule has 0 atom stereocenters. The van der Waals surface area contributed by atoms with Gasteiger partial charge in [0.1, 0.15) is 11.4 Å². The van der Waals surface area contributed by atoms with E-state index < -0.39 is 11.8 Å². The predicted molar refractivity (Wildman–Crippen MR) is 124 cm³/mol. The van der Waals surface area contributed by atoms with Crippen LogP contribution in [-0.4, -0.2) is 40.9 Å². The number of aromatic nitrogens is 6. The summed E-state index contributed by atoms with van der Waals surface area (Å²) in [4.78, 5) is 30.1. The normalized spacial score (nSPS) is 10.7. The SMILES string of the molecule is Cn1ncc(C(=O)NNC(=O)c2nc(-c3ccccc3)n(-c3ccccc3)n2)c1-n1cccc1. The van der Waals surface area contributed by atoms with E-state index in [2.05, 4.69) is 26.0 Å². The zero-order valence-electron chi connectivity index (χ0n) is 18.2. The smallest absolute Gasteiger partial charge is 0.308 e. The van der Waals surface area contributed by atoms with Crippen LogP contribution in [0.3, 0.4) is 0 Å². The van der Waals surface area contributed by atoms with Gasteiger partial charge in [0, 0.05) is 25.0 Å². The van der Waals surface area contributed by atoms with Gasteiger partial charge in [-0.1, -0.05) is 48.5 Å². The van der Waals surface area contributed by atoms with Crippen molar-refractivity contribution in [1.82, 2.24) is 40.0 Å². The standard InChI is InChI=1S/C24H20N8O2/c1-30-24(31-14-8-9-15-31)19(16-25-30)22(33)27-28-23(34)20-26-21(17-10-4-2-5-11-17)32(29-20)18-12-6-3-7-13-18/h2-16H,1H3,(H,27,33)(H,28,34). The van der Waals surface area contributed by atoms with Gasteiger partial charge in [0.2, 0.25) is 5.82 Å². The lowest BCUT2D eigenvalue weighted by molar-refractivity contribution is 0.0841. The van der Waals surface area contributed by atoms with Crippen molar-refractivity contribution in [3.8, 4) is 22.9 Å². The molecule has 0 aliphatic heterocycles. The molecule has 3 aromatic heterocycles. The van der Waals surface area contributed by atoms with Crippen LogP contribution < -0.4 is 10.9 Å². The summed E-state index contributed by atoms with van der Waals surface area (Å²) in [5.74, 6) is -0.178. The Morgan fingerprint density at radius 2 is 1.47 bits per heavy atom. The van der Waals surface area contributed by atoms with Gasteiger partial charge in [-0.15, -0.1) is 5.10 Å². The van der Waals surface area contributed by atoms with Crippen LogP contribution in [0, 0.1) is 0 Å². The number of benzene rings is 2. The Balaban J connectivity index is 1.39. The maximum Gasteiger partial charge on any atom is 0.309 e. The van der Waals surface area contributed by atoms with Crippen molar-refractivity contribution in [2.24, 2.45) is 7.05 Å². The van der Waals surface area contributed by atoms with Crippen molar-refractivity contribution < 1.29 is 9.59 Å². The number of rotatable bonds is 5. The molecule has 0 fully saturated rings.